The first-order valence-corrected chi connectivity index (χ1v) is 10.1. The first-order chi connectivity index (χ1) is 14.2. The molecule has 0 bridgehead atoms. The van der Waals surface area contributed by atoms with Gasteiger partial charge in [-0.15, -0.1) is 24.0 Å². The van der Waals surface area contributed by atoms with E-state index in [4.69, 9.17) is 14.2 Å². The second-order valence-corrected chi connectivity index (χ2v) is 6.45. The molecule has 7 heteroatoms. The van der Waals surface area contributed by atoms with Gasteiger partial charge in [-0.2, -0.15) is 0 Å². The molecule has 166 valence electrons. The highest BCUT2D eigenvalue weighted by Gasteiger charge is 2.07. The van der Waals surface area contributed by atoms with E-state index >= 15 is 0 Å². The van der Waals surface area contributed by atoms with Crippen molar-refractivity contribution in [2.24, 2.45) is 4.99 Å². The smallest absolute Gasteiger partial charge is 0.191 e. The van der Waals surface area contributed by atoms with Gasteiger partial charge in [0.25, 0.3) is 0 Å². The molecule has 2 N–H and O–H groups in total. The van der Waals surface area contributed by atoms with Crippen molar-refractivity contribution in [3.8, 4) is 11.5 Å². The van der Waals surface area contributed by atoms with Crippen molar-refractivity contribution < 1.29 is 14.2 Å². The number of nitrogens with one attached hydrogen (secondary N) is 2. The van der Waals surface area contributed by atoms with E-state index < -0.39 is 0 Å². The lowest BCUT2D eigenvalue weighted by molar-refractivity contribution is 0.184. The Hall–Kier alpha value is -2.00. The first-order valence-electron chi connectivity index (χ1n) is 10.1. The molecule has 0 spiro atoms. The van der Waals surface area contributed by atoms with E-state index in [0.717, 1.165) is 30.4 Å². The molecule has 0 saturated carbocycles. The van der Waals surface area contributed by atoms with Crippen molar-refractivity contribution in [1.82, 2.24) is 10.6 Å². The standard InChI is InChI=1S/C23H33N3O3.HI/c1-5-28-21-12-11-18(15-22(21)29-6-2)13-14-25-23(24-3)26-16-19-9-7-8-10-20(19)17-27-4;/h7-12,15H,5-6,13-14,16-17H2,1-4H3,(H2,24,25,26);1H. The topological polar surface area (TPSA) is 64.1 Å². The summed E-state index contributed by atoms with van der Waals surface area (Å²) in [5.74, 6) is 2.36. The van der Waals surface area contributed by atoms with Crippen LogP contribution in [0.5, 0.6) is 11.5 Å². The zero-order valence-electron chi connectivity index (χ0n) is 18.4. The largest absolute Gasteiger partial charge is 0.490 e. The summed E-state index contributed by atoms with van der Waals surface area (Å²) in [6, 6.07) is 14.3. The fraction of sp³-hybridized carbons (Fsp3) is 0.435. The van der Waals surface area contributed by atoms with Crippen LogP contribution in [0.25, 0.3) is 0 Å². The average molecular weight is 527 g/mol. The number of aliphatic imine (C=N–C) groups is 1. The second kappa shape index (κ2) is 14.9. The number of rotatable bonds is 11. The molecule has 2 aromatic carbocycles. The number of halogens is 1. The molecular formula is C23H34IN3O3. The third kappa shape index (κ3) is 8.39. The summed E-state index contributed by atoms with van der Waals surface area (Å²) >= 11 is 0. The Morgan fingerprint density at radius 2 is 1.63 bits per heavy atom. The van der Waals surface area contributed by atoms with Gasteiger partial charge in [0.1, 0.15) is 0 Å². The molecule has 0 aliphatic heterocycles. The van der Waals surface area contributed by atoms with Crippen molar-refractivity contribution in [1.29, 1.82) is 0 Å². The molecule has 6 nitrogen and oxygen atoms in total. The van der Waals surface area contributed by atoms with Crippen LogP contribution in [0.4, 0.5) is 0 Å². The molecule has 0 aliphatic rings. The van der Waals surface area contributed by atoms with Gasteiger partial charge in [0.2, 0.25) is 0 Å². The van der Waals surface area contributed by atoms with Gasteiger partial charge in [-0.1, -0.05) is 30.3 Å². The minimum absolute atomic E-state index is 0. The minimum atomic E-state index is 0. The van der Waals surface area contributed by atoms with Crippen molar-refractivity contribution in [3.63, 3.8) is 0 Å². The van der Waals surface area contributed by atoms with Gasteiger partial charge in [-0.05, 0) is 49.1 Å². The fourth-order valence-corrected chi connectivity index (χ4v) is 3.00. The lowest BCUT2D eigenvalue weighted by Gasteiger charge is -2.15. The maximum atomic E-state index is 5.71. The fourth-order valence-electron chi connectivity index (χ4n) is 3.00. The first kappa shape index (κ1) is 26.0. The van der Waals surface area contributed by atoms with Crippen LogP contribution in [0, 0.1) is 0 Å². The number of hydrogen-bond donors (Lipinski definition) is 2. The van der Waals surface area contributed by atoms with E-state index in [-0.39, 0.29) is 24.0 Å². The molecule has 0 heterocycles. The molecule has 0 unspecified atom stereocenters. The third-order valence-corrected chi connectivity index (χ3v) is 4.40. The zero-order valence-corrected chi connectivity index (χ0v) is 20.7. The predicted octanol–water partition coefficient (Wildman–Crippen LogP) is 4.16. The van der Waals surface area contributed by atoms with Crippen molar-refractivity contribution in [2.75, 3.05) is 33.9 Å². The number of benzene rings is 2. The van der Waals surface area contributed by atoms with Crippen molar-refractivity contribution in [2.45, 2.75) is 33.4 Å². The molecule has 0 saturated heterocycles. The Bertz CT molecular complexity index is 784. The molecule has 2 rings (SSSR count). The summed E-state index contributed by atoms with van der Waals surface area (Å²) in [5, 5.41) is 6.73. The number of ether oxygens (including phenoxy) is 3. The molecule has 2 aromatic rings. The molecule has 0 aliphatic carbocycles. The Labute approximate surface area is 197 Å². The third-order valence-electron chi connectivity index (χ3n) is 4.40. The van der Waals surface area contributed by atoms with Crippen LogP contribution >= 0.6 is 24.0 Å². The van der Waals surface area contributed by atoms with Crippen LogP contribution in [0.2, 0.25) is 0 Å². The van der Waals surface area contributed by atoms with E-state index in [1.165, 1.54) is 16.7 Å². The van der Waals surface area contributed by atoms with Gasteiger partial charge in [-0.25, -0.2) is 0 Å². The summed E-state index contributed by atoms with van der Waals surface area (Å²) in [6.07, 6.45) is 0.855. The van der Waals surface area contributed by atoms with Gasteiger partial charge in [-0.3, -0.25) is 4.99 Å². The number of methoxy groups -OCH3 is 1. The highest BCUT2D eigenvalue weighted by atomic mass is 127. The summed E-state index contributed by atoms with van der Waals surface area (Å²) in [7, 11) is 3.49. The van der Waals surface area contributed by atoms with Crippen molar-refractivity contribution in [3.05, 3.63) is 59.2 Å². The van der Waals surface area contributed by atoms with Crippen LogP contribution in [0.15, 0.2) is 47.5 Å². The van der Waals surface area contributed by atoms with Crippen LogP contribution < -0.4 is 20.1 Å². The van der Waals surface area contributed by atoms with E-state index in [9.17, 15) is 0 Å². The number of guanidine groups is 1. The number of nitrogens with zero attached hydrogens (tertiary/aromatic N) is 1. The van der Waals surface area contributed by atoms with Crippen LogP contribution in [-0.4, -0.2) is 39.9 Å². The summed E-state index contributed by atoms with van der Waals surface area (Å²) in [6.45, 7) is 7.24. The minimum Gasteiger partial charge on any atom is -0.490 e. The summed E-state index contributed by atoms with van der Waals surface area (Å²) in [5.41, 5.74) is 3.56. The van der Waals surface area contributed by atoms with Crippen LogP contribution in [0.1, 0.15) is 30.5 Å². The molecule has 0 atom stereocenters. The van der Waals surface area contributed by atoms with E-state index in [0.29, 0.717) is 26.4 Å². The lowest BCUT2D eigenvalue weighted by atomic mass is 10.1. The zero-order chi connectivity index (χ0) is 20.9. The lowest BCUT2D eigenvalue weighted by Crippen LogP contribution is -2.38. The van der Waals surface area contributed by atoms with Crippen molar-refractivity contribution >= 4 is 29.9 Å². The Kier molecular flexibility index (Phi) is 12.9. The molecule has 30 heavy (non-hydrogen) atoms. The van der Waals surface area contributed by atoms with E-state index in [2.05, 4.69) is 33.8 Å². The van der Waals surface area contributed by atoms with Gasteiger partial charge < -0.3 is 24.8 Å². The normalized spacial score (nSPS) is 10.9. The van der Waals surface area contributed by atoms with Gasteiger partial charge >= 0.3 is 0 Å². The van der Waals surface area contributed by atoms with Gasteiger partial charge in [0.05, 0.1) is 19.8 Å². The Morgan fingerprint density at radius 1 is 0.933 bits per heavy atom. The monoisotopic (exact) mass is 527 g/mol. The summed E-state index contributed by atoms with van der Waals surface area (Å²) in [4.78, 5) is 4.31. The highest BCUT2D eigenvalue weighted by Crippen LogP contribution is 2.28. The quantitative estimate of drug-likeness (QED) is 0.261. The molecule has 0 fully saturated rings. The Balaban J connectivity index is 0.00000450. The maximum Gasteiger partial charge on any atom is 0.191 e. The summed E-state index contributed by atoms with van der Waals surface area (Å²) < 4.78 is 16.6. The molecular weight excluding hydrogens is 493 g/mol. The van der Waals surface area contributed by atoms with E-state index in [1.807, 2.05) is 38.1 Å². The predicted molar refractivity (Wildman–Crippen MR) is 133 cm³/mol. The number of hydrogen-bond acceptors (Lipinski definition) is 4. The molecule has 0 aromatic heterocycles. The van der Waals surface area contributed by atoms with Crippen LogP contribution in [-0.2, 0) is 24.3 Å². The highest BCUT2D eigenvalue weighted by molar-refractivity contribution is 14.0. The molecule has 0 radical (unpaired) electrons. The Morgan fingerprint density at radius 3 is 2.30 bits per heavy atom. The van der Waals surface area contributed by atoms with Gasteiger partial charge in [0.15, 0.2) is 17.5 Å². The van der Waals surface area contributed by atoms with Crippen LogP contribution in [0.3, 0.4) is 0 Å². The average Bonchev–Trinajstić information content (AvgIpc) is 2.74. The van der Waals surface area contributed by atoms with Gasteiger partial charge in [0, 0.05) is 27.2 Å². The SMILES string of the molecule is CCOc1ccc(CCNC(=NC)NCc2ccccc2COC)cc1OCC.I. The maximum absolute atomic E-state index is 5.71. The molecule has 0 amide bonds. The second-order valence-electron chi connectivity index (χ2n) is 6.45. The van der Waals surface area contributed by atoms with E-state index in [1.54, 1.807) is 14.2 Å².